The number of anilines is 3. The van der Waals surface area contributed by atoms with E-state index in [9.17, 15) is 4.39 Å². The molecule has 0 saturated carbocycles. The van der Waals surface area contributed by atoms with Crippen molar-refractivity contribution in [2.75, 3.05) is 17.4 Å². The molecule has 0 amide bonds. The van der Waals surface area contributed by atoms with E-state index >= 15 is 0 Å². The van der Waals surface area contributed by atoms with E-state index in [4.69, 9.17) is 9.47 Å². The Labute approximate surface area is 165 Å². The molecule has 0 saturated heterocycles. The lowest BCUT2D eigenvalue weighted by molar-refractivity contribution is 0.174. The molecule has 3 heterocycles. The fourth-order valence-electron chi connectivity index (χ4n) is 3.04. The Morgan fingerprint density at radius 1 is 0.966 bits per heavy atom. The maximum Gasteiger partial charge on any atom is 0.231 e. The van der Waals surface area contributed by atoms with Gasteiger partial charge in [-0.25, -0.2) is 19.3 Å². The zero-order valence-corrected chi connectivity index (χ0v) is 15.2. The normalized spacial score (nSPS) is 12.2. The van der Waals surface area contributed by atoms with Crippen molar-refractivity contribution in [3.8, 4) is 11.5 Å². The molecule has 7 nitrogen and oxygen atoms in total. The molecule has 0 radical (unpaired) electrons. The molecule has 29 heavy (non-hydrogen) atoms. The first-order valence-corrected chi connectivity index (χ1v) is 9.01. The third-order valence-electron chi connectivity index (χ3n) is 4.51. The minimum atomic E-state index is -0.259. The molecule has 0 fully saturated rings. The predicted molar refractivity (Wildman–Crippen MR) is 107 cm³/mol. The van der Waals surface area contributed by atoms with Gasteiger partial charge in [0.15, 0.2) is 11.5 Å². The van der Waals surface area contributed by atoms with E-state index in [0.717, 1.165) is 27.9 Å². The number of pyridine rings is 1. The molecule has 2 aromatic heterocycles. The number of rotatable bonds is 5. The second kappa shape index (κ2) is 7.23. The summed E-state index contributed by atoms with van der Waals surface area (Å²) >= 11 is 0. The number of hydrogen-bond acceptors (Lipinski definition) is 7. The van der Waals surface area contributed by atoms with Crippen molar-refractivity contribution in [2.45, 2.75) is 6.54 Å². The largest absolute Gasteiger partial charge is 0.454 e. The summed E-state index contributed by atoms with van der Waals surface area (Å²) in [5, 5.41) is 7.22. The highest BCUT2D eigenvalue weighted by Gasteiger charge is 2.14. The van der Waals surface area contributed by atoms with E-state index in [1.165, 1.54) is 12.1 Å². The molecule has 0 unspecified atom stereocenters. The Balaban J connectivity index is 1.36. The molecule has 0 spiro atoms. The topological polar surface area (TPSA) is 81.2 Å². The molecule has 4 aromatic rings. The number of aromatic nitrogens is 3. The Morgan fingerprint density at radius 3 is 2.72 bits per heavy atom. The van der Waals surface area contributed by atoms with Gasteiger partial charge in [-0.05, 0) is 35.9 Å². The average molecular weight is 389 g/mol. The maximum absolute atomic E-state index is 13.0. The summed E-state index contributed by atoms with van der Waals surface area (Å²) in [7, 11) is 0. The molecular weight excluding hydrogens is 373 g/mol. The Morgan fingerprint density at radius 2 is 1.83 bits per heavy atom. The van der Waals surface area contributed by atoms with Crippen LogP contribution in [0.1, 0.15) is 5.56 Å². The first-order chi connectivity index (χ1) is 14.2. The van der Waals surface area contributed by atoms with Crippen LogP contribution in [0.15, 0.2) is 60.9 Å². The molecule has 144 valence electrons. The number of hydrogen-bond donors (Lipinski definition) is 2. The van der Waals surface area contributed by atoms with Crippen molar-refractivity contribution in [2.24, 2.45) is 0 Å². The molecule has 5 rings (SSSR count). The van der Waals surface area contributed by atoms with Crippen molar-refractivity contribution >= 4 is 28.4 Å². The SMILES string of the molecule is Fc1ccc(CNc2ncc3c(Nc4ccc5c(c4)OCO5)nccc3n2)cc1. The summed E-state index contributed by atoms with van der Waals surface area (Å²) in [6.45, 7) is 0.728. The van der Waals surface area contributed by atoms with Crippen LogP contribution in [-0.2, 0) is 6.54 Å². The van der Waals surface area contributed by atoms with Crippen LogP contribution >= 0.6 is 0 Å². The number of halogens is 1. The first kappa shape index (κ1) is 17.2. The van der Waals surface area contributed by atoms with Gasteiger partial charge in [-0.3, -0.25) is 0 Å². The summed E-state index contributed by atoms with van der Waals surface area (Å²) in [5.74, 6) is 2.29. The number of nitrogens with zero attached hydrogens (tertiary/aromatic N) is 3. The van der Waals surface area contributed by atoms with E-state index < -0.39 is 0 Å². The molecule has 1 aliphatic rings. The second-order valence-corrected chi connectivity index (χ2v) is 6.46. The fraction of sp³-hybridized carbons (Fsp3) is 0.0952. The van der Waals surface area contributed by atoms with E-state index in [2.05, 4.69) is 25.6 Å². The zero-order chi connectivity index (χ0) is 19.6. The van der Waals surface area contributed by atoms with Gasteiger partial charge in [0.25, 0.3) is 0 Å². The van der Waals surface area contributed by atoms with Gasteiger partial charge in [-0.15, -0.1) is 0 Å². The summed E-state index contributed by atoms with van der Waals surface area (Å²) < 4.78 is 23.8. The number of benzene rings is 2. The quantitative estimate of drug-likeness (QED) is 0.528. The second-order valence-electron chi connectivity index (χ2n) is 6.46. The summed E-state index contributed by atoms with van der Waals surface area (Å²) in [5.41, 5.74) is 2.52. The summed E-state index contributed by atoms with van der Waals surface area (Å²) in [6, 6.07) is 13.7. The molecule has 8 heteroatoms. The molecule has 0 atom stereocenters. The van der Waals surface area contributed by atoms with Crippen LogP contribution in [0.3, 0.4) is 0 Å². The average Bonchev–Trinajstić information content (AvgIpc) is 3.21. The van der Waals surface area contributed by atoms with Crippen molar-refractivity contribution in [1.29, 1.82) is 0 Å². The molecule has 2 N–H and O–H groups in total. The lowest BCUT2D eigenvalue weighted by Gasteiger charge is -2.10. The van der Waals surface area contributed by atoms with E-state index in [1.54, 1.807) is 24.5 Å². The third-order valence-corrected chi connectivity index (χ3v) is 4.51. The van der Waals surface area contributed by atoms with E-state index in [-0.39, 0.29) is 12.6 Å². The van der Waals surface area contributed by atoms with Crippen molar-refractivity contribution < 1.29 is 13.9 Å². The van der Waals surface area contributed by atoms with Gasteiger partial charge in [0.2, 0.25) is 12.7 Å². The molecule has 1 aliphatic heterocycles. The fourth-order valence-corrected chi connectivity index (χ4v) is 3.04. The molecule has 0 aliphatic carbocycles. The highest BCUT2D eigenvalue weighted by molar-refractivity contribution is 5.90. The predicted octanol–water partition coefficient (Wildman–Crippen LogP) is 4.25. The Bertz CT molecular complexity index is 1180. The number of ether oxygens (including phenoxy) is 2. The van der Waals surface area contributed by atoms with Gasteiger partial charge in [0.1, 0.15) is 11.6 Å². The molecular formula is C21H16FN5O2. The van der Waals surface area contributed by atoms with Gasteiger partial charge < -0.3 is 20.1 Å². The Hall–Kier alpha value is -3.94. The lowest BCUT2D eigenvalue weighted by Crippen LogP contribution is -2.04. The summed E-state index contributed by atoms with van der Waals surface area (Å²) in [4.78, 5) is 13.3. The smallest absolute Gasteiger partial charge is 0.231 e. The van der Waals surface area contributed by atoms with Crippen LogP contribution in [-0.4, -0.2) is 21.7 Å². The molecule has 0 bridgehead atoms. The first-order valence-electron chi connectivity index (χ1n) is 9.01. The Kier molecular flexibility index (Phi) is 4.28. The highest BCUT2D eigenvalue weighted by atomic mass is 19.1. The van der Waals surface area contributed by atoms with Gasteiger partial charge in [-0.1, -0.05) is 12.1 Å². The number of nitrogens with one attached hydrogen (secondary N) is 2. The van der Waals surface area contributed by atoms with Crippen LogP contribution in [0, 0.1) is 5.82 Å². The van der Waals surface area contributed by atoms with Crippen LogP contribution in [0.25, 0.3) is 10.9 Å². The zero-order valence-electron chi connectivity index (χ0n) is 15.2. The number of fused-ring (bicyclic) bond motifs is 2. The maximum atomic E-state index is 13.0. The van der Waals surface area contributed by atoms with Crippen molar-refractivity contribution in [3.05, 3.63) is 72.3 Å². The van der Waals surface area contributed by atoms with E-state index in [1.807, 2.05) is 24.3 Å². The van der Waals surface area contributed by atoms with Gasteiger partial charge in [-0.2, -0.15) is 0 Å². The standard InChI is InChI=1S/C21H16FN5O2/c22-14-3-1-13(2-4-14)10-24-21-25-11-16-17(27-21)7-8-23-20(16)26-15-5-6-18-19(9-15)29-12-28-18/h1-9,11H,10,12H2,(H,23,26)(H,24,25,27). The van der Waals surface area contributed by atoms with Crippen molar-refractivity contribution in [1.82, 2.24) is 15.0 Å². The van der Waals surface area contributed by atoms with Crippen LogP contribution in [0.2, 0.25) is 0 Å². The monoisotopic (exact) mass is 389 g/mol. The van der Waals surface area contributed by atoms with Gasteiger partial charge >= 0.3 is 0 Å². The van der Waals surface area contributed by atoms with Crippen LogP contribution < -0.4 is 20.1 Å². The highest BCUT2D eigenvalue weighted by Crippen LogP contribution is 2.35. The minimum Gasteiger partial charge on any atom is -0.454 e. The van der Waals surface area contributed by atoms with E-state index in [0.29, 0.717) is 24.1 Å². The van der Waals surface area contributed by atoms with Crippen LogP contribution in [0.5, 0.6) is 11.5 Å². The van der Waals surface area contributed by atoms with Gasteiger partial charge in [0.05, 0.1) is 10.9 Å². The van der Waals surface area contributed by atoms with Gasteiger partial charge in [0, 0.05) is 30.7 Å². The van der Waals surface area contributed by atoms with Crippen LogP contribution in [0.4, 0.5) is 21.8 Å². The molecule has 2 aromatic carbocycles. The van der Waals surface area contributed by atoms with Crippen molar-refractivity contribution in [3.63, 3.8) is 0 Å². The summed E-state index contributed by atoms with van der Waals surface area (Å²) in [6.07, 6.45) is 3.41. The third kappa shape index (κ3) is 3.60. The lowest BCUT2D eigenvalue weighted by atomic mass is 10.2. The minimum absolute atomic E-state index is 0.229.